The Labute approximate surface area is 114 Å². The summed E-state index contributed by atoms with van der Waals surface area (Å²) in [4.78, 5) is 11.9. The maximum atomic E-state index is 11.9. The second-order valence-corrected chi connectivity index (χ2v) is 4.76. The van der Waals surface area contributed by atoms with E-state index in [0.717, 1.165) is 23.5 Å². The number of carbonyl (C=O) groups excluding carboxylic acids is 1. The van der Waals surface area contributed by atoms with Gasteiger partial charge in [-0.1, -0.05) is 0 Å². The lowest BCUT2D eigenvalue weighted by molar-refractivity contribution is -0.122. The monoisotopic (exact) mass is 268 g/mol. The van der Waals surface area contributed by atoms with Crippen molar-refractivity contribution in [3.63, 3.8) is 0 Å². The molecule has 0 spiro atoms. The Hall–Kier alpha value is -1.40. The van der Waals surface area contributed by atoms with Crippen molar-refractivity contribution in [3.8, 4) is 0 Å². The van der Waals surface area contributed by atoms with E-state index in [1.165, 1.54) is 0 Å². The predicted octanol–water partition coefficient (Wildman–Crippen LogP) is 0.370. The lowest BCUT2D eigenvalue weighted by Crippen LogP contribution is -2.38. The number of ether oxygens (including phenoxy) is 1. The van der Waals surface area contributed by atoms with Crippen molar-refractivity contribution >= 4 is 5.91 Å². The van der Waals surface area contributed by atoms with Gasteiger partial charge in [-0.25, -0.2) is 0 Å². The topological polar surface area (TPSA) is 68.2 Å². The molecule has 0 radical (unpaired) electrons. The van der Waals surface area contributed by atoms with Crippen molar-refractivity contribution in [2.75, 3.05) is 20.8 Å². The largest absolute Gasteiger partial charge is 0.383 e. The molecule has 0 saturated heterocycles. The number of rotatable bonds is 7. The molecule has 0 aromatic carbocycles. The lowest BCUT2D eigenvalue weighted by atomic mass is 10.2. The second kappa shape index (κ2) is 7.25. The van der Waals surface area contributed by atoms with Gasteiger partial charge in [-0.3, -0.25) is 9.48 Å². The standard InChI is InChI=1S/C13H24N4O2/c1-9(8-19-5)15-13(18)7-17-11(3)12(6-14-4)10(2)16-17/h9,14H,6-8H2,1-5H3,(H,15,18). The number of nitrogens with one attached hydrogen (secondary N) is 2. The first kappa shape index (κ1) is 15.7. The zero-order valence-electron chi connectivity index (χ0n) is 12.4. The van der Waals surface area contributed by atoms with Crippen molar-refractivity contribution in [2.24, 2.45) is 0 Å². The summed E-state index contributed by atoms with van der Waals surface area (Å²) in [5.41, 5.74) is 3.14. The molecule has 0 aliphatic rings. The van der Waals surface area contributed by atoms with E-state index >= 15 is 0 Å². The Bertz CT molecular complexity index is 429. The van der Waals surface area contributed by atoms with Crippen LogP contribution in [0, 0.1) is 13.8 Å². The number of methoxy groups -OCH3 is 1. The molecule has 1 aromatic rings. The van der Waals surface area contributed by atoms with Gasteiger partial charge >= 0.3 is 0 Å². The van der Waals surface area contributed by atoms with Gasteiger partial charge in [0.1, 0.15) is 6.54 Å². The molecule has 108 valence electrons. The first-order valence-electron chi connectivity index (χ1n) is 6.45. The van der Waals surface area contributed by atoms with Gasteiger partial charge < -0.3 is 15.4 Å². The van der Waals surface area contributed by atoms with Crippen molar-refractivity contribution in [1.29, 1.82) is 0 Å². The Morgan fingerprint density at radius 1 is 1.47 bits per heavy atom. The minimum atomic E-state index is -0.0499. The molecule has 1 aromatic heterocycles. The van der Waals surface area contributed by atoms with Crippen molar-refractivity contribution in [1.82, 2.24) is 20.4 Å². The number of aromatic nitrogens is 2. The minimum Gasteiger partial charge on any atom is -0.383 e. The Morgan fingerprint density at radius 2 is 2.16 bits per heavy atom. The van der Waals surface area contributed by atoms with Crippen molar-refractivity contribution in [3.05, 3.63) is 17.0 Å². The molecule has 6 nitrogen and oxygen atoms in total. The van der Waals surface area contributed by atoms with E-state index in [9.17, 15) is 4.79 Å². The van der Waals surface area contributed by atoms with E-state index in [4.69, 9.17) is 4.74 Å². The predicted molar refractivity (Wildman–Crippen MR) is 73.9 cm³/mol. The molecule has 19 heavy (non-hydrogen) atoms. The number of hydrogen-bond donors (Lipinski definition) is 2. The smallest absolute Gasteiger partial charge is 0.242 e. The number of amides is 1. The van der Waals surface area contributed by atoms with Crippen LogP contribution in [-0.4, -0.2) is 42.5 Å². The van der Waals surface area contributed by atoms with Crippen molar-refractivity contribution < 1.29 is 9.53 Å². The highest BCUT2D eigenvalue weighted by molar-refractivity contribution is 5.76. The maximum Gasteiger partial charge on any atom is 0.242 e. The summed E-state index contributed by atoms with van der Waals surface area (Å²) in [6.45, 7) is 7.37. The first-order chi connectivity index (χ1) is 8.99. The van der Waals surface area contributed by atoms with Gasteiger partial charge in [-0.2, -0.15) is 5.10 Å². The third-order valence-electron chi connectivity index (χ3n) is 3.00. The summed E-state index contributed by atoms with van der Waals surface area (Å²) < 4.78 is 6.74. The number of hydrogen-bond acceptors (Lipinski definition) is 4. The summed E-state index contributed by atoms with van der Waals surface area (Å²) in [7, 11) is 3.52. The van der Waals surface area contributed by atoms with Crippen LogP contribution in [0.4, 0.5) is 0 Å². The van der Waals surface area contributed by atoms with Gasteiger partial charge in [0.15, 0.2) is 0 Å². The zero-order chi connectivity index (χ0) is 14.4. The van der Waals surface area contributed by atoms with Crippen LogP contribution in [0.2, 0.25) is 0 Å². The van der Waals surface area contributed by atoms with Gasteiger partial charge in [0.05, 0.1) is 12.3 Å². The minimum absolute atomic E-state index is 0.00578. The highest BCUT2D eigenvalue weighted by Crippen LogP contribution is 2.12. The van der Waals surface area contributed by atoms with Crippen LogP contribution in [0.15, 0.2) is 0 Å². The fourth-order valence-electron chi connectivity index (χ4n) is 2.07. The SMILES string of the molecule is CNCc1c(C)nn(CC(=O)NC(C)COC)c1C. The summed E-state index contributed by atoms with van der Waals surface area (Å²) in [6.07, 6.45) is 0. The molecule has 6 heteroatoms. The second-order valence-electron chi connectivity index (χ2n) is 4.76. The molecule has 1 amide bonds. The number of nitrogens with zero attached hydrogens (tertiary/aromatic N) is 2. The number of carbonyl (C=O) groups is 1. The normalized spacial score (nSPS) is 12.5. The van der Waals surface area contributed by atoms with Crippen LogP contribution in [0.1, 0.15) is 23.9 Å². The average molecular weight is 268 g/mol. The third kappa shape index (κ3) is 4.33. The van der Waals surface area contributed by atoms with E-state index in [-0.39, 0.29) is 18.5 Å². The first-order valence-corrected chi connectivity index (χ1v) is 6.45. The van der Waals surface area contributed by atoms with Crippen molar-refractivity contribution in [2.45, 2.75) is 39.9 Å². The molecule has 1 heterocycles. The van der Waals surface area contributed by atoms with E-state index in [1.807, 2.05) is 27.8 Å². The fraction of sp³-hybridized carbons (Fsp3) is 0.692. The van der Waals surface area contributed by atoms with Crippen LogP contribution in [0.3, 0.4) is 0 Å². The van der Waals surface area contributed by atoms with E-state index < -0.39 is 0 Å². The summed E-state index contributed by atoms with van der Waals surface area (Å²) in [5.74, 6) is -0.0499. The molecule has 0 saturated carbocycles. The molecule has 1 unspecified atom stereocenters. The van der Waals surface area contributed by atoms with Gasteiger partial charge in [0.2, 0.25) is 5.91 Å². The van der Waals surface area contributed by atoms with Gasteiger partial charge in [-0.05, 0) is 27.8 Å². The van der Waals surface area contributed by atoms with E-state index in [2.05, 4.69) is 15.7 Å². The van der Waals surface area contributed by atoms with Crippen LogP contribution in [-0.2, 0) is 22.6 Å². The van der Waals surface area contributed by atoms with Crippen LogP contribution in [0.5, 0.6) is 0 Å². The molecule has 1 rings (SSSR count). The van der Waals surface area contributed by atoms with Gasteiger partial charge in [-0.15, -0.1) is 0 Å². The van der Waals surface area contributed by atoms with Crippen LogP contribution in [0.25, 0.3) is 0 Å². The van der Waals surface area contributed by atoms with E-state index in [1.54, 1.807) is 11.8 Å². The molecule has 1 atom stereocenters. The maximum absolute atomic E-state index is 11.9. The Morgan fingerprint density at radius 3 is 2.74 bits per heavy atom. The summed E-state index contributed by atoms with van der Waals surface area (Å²) in [5, 5.41) is 10.4. The summed E-state index contributed by atoms with van der Waals surface area (Å²) in [6, 6.07) is 0.00578. The molecule has 2 N–H and O–H groups in total. The molecule has 0 fully saturated rings. The quantitative estimate of drug-likeness (QED) is 0.750. The number of aryl methyl sites for hydroxylation is 1. The highest BCUT2D eigenvalue weighted by atomic mass is 16.5. The molecule has 0 bridgehead atoms. The summed E-state index contributed by atoms with van der Waals surface area (Å²) >= 11 is 0. The molecule has 0 aliphatic carbocycles. The third-order valence-corrected chi connectivity index (χ3v) is 3.00. The zero-order valence-corrected chi connectivity index (χ0v) is 12.4. The van der Waals surface area contributed by atoms with Crippen LogP contribution < -0.4 is 10.6 Å². The average Bonchev–Trinajstić information content (AvgIpc) is 2.57. The molecule has 0 aliphatic heterocycles. The fourth-order valence-corrected chi connectivity index (χ4v) is 2.07. The van der Waals surface area contributed by atoms with Crippen LogP contribution >= 0.6 is 0 Å². The lowest BCUT2D eigenvalue weighted by Gasteiger charge is -2.13. The van der Waals surface area contributed by atoms with Gasteiger partial charge in [0.25, 0.3) is 0 Å². The molecular formula is C13H24N4O2. The molecular weight excluding hydrogens is 244 g/mol. The van der Waals surface area contributed by atoms with Gasteiger partial charge in [0, 0.05) is 31.0 Å². The highest BCUT2D eigenvalue weighted by Gasteiger charge is 2.14. The Balaban J connectivity index is 2.67. The Kier molecular flexibility index (Phi) is 5.98. The van der Waals surface area contributed by atoms with E-state index in [0.29, 0.717) is 6.61 Å².